The van der Waals surface area contributed by atoms with Gasteiger partial charge >= 0.3 is 5.97 Å². The molecule has 0 saturated carbocycles. The lowest BCUT2D eigenvalue weighted by molar-refractivity contribution is -0.139. The van der Waals surface area contributed by atoms with Gasteiger partial charge in [-0.25, -0.2) is 4.79 Å². The quantitative estimate of drug-likeness (QED) is 0.656. The van der Waals surface area contributed by atoms with E-state index >= 15 is 0 Å². The Labute approximate surface area is 98.9 Å². The lowest BCUT2D eigenvalue weighted by Gasteiger charge is -2.14. The van der Waals surface area contributed by atoms with Crippen LogP contribution in [0, 0.1) is 0 Å². The van der Waals surface area contributed by atoms with E-state index < -0.39 is 17.9 Å². The molecule has 1 aromatic heterocycles. The molecule has 0 spiro atoms. The predicted octanol–water partition coefficient (Wildman–Crippen LogP) is 0.0734. The Balaban J connectivity index is 2.73. The number of aryl methyl sites for hydroxylation is 1. The second-order valence-electron chi connectivity index (χ2n) is 3.56. The van der Waals surface area contributed by atoms with Crippen LogP contribution in [-0.2, 0) is 11.3 Å². The molecular weight excluding hydrogens is 224 g/mol. The van der Waals surface area contributed by atoms with Crippen LogP contribution < -0.4 is 5.32 Å². The zero-order valence-electron chi connectivity index (χ0n) is 9.59. The zero-order chi connectivity index (χ0) is 12.8. The smallest absolute Gasteiger partial charge is 0.326 e. The van der Waals surface area contributed by atoms with Crippen LogP contribution in [-0.4, -0.2) is 39.3 Å². The third-order valence-corrected chi connectivity index (χ3v) is 2.42. The molecule has 0 radical (unpaired) electrons. The number of aliphatic hydroxyl groups is 1. The Bertz CT molecular complexity index is 400. The lowest BCUT2D eigenvalue weighted by atomic mass is 10.2. The van der Waals surface area contributed by atoms with E-state index in [-0.39, 0.29) is 13.0 Å². The van der Waals surface area contributed by atoms with Crippen LogP contribution in [0.15, 0.2) is 18.3 Å². The molecule has 3 N–H and O–H groups in total. The summed E-state index contributed by atoms with van der Waals surface area (Å²) < 4.78 is 1.72. The van der Waals surface area contributed by atoms with Crippen molar-refractivity contribution in [1.29, 1.82) is 0 Å². The first-order chi connectivity index (χ1) is 8.10. The van der Waals surface area contributed by atoms with Gasteiger partial charge in [-0.05, 0) is 19.1 Å². The van der Waals surface area contributed by atoms with Crippen molar-refractivity contribution in [1.82, 2.24) is 9.88 Å². The zero-order valence-corrected chi connectivity index (χ0v) is 9.59. The molecule has 0 unspecified atom stereocenters. The Morgan fingerprint density at radius 3 is 2.76 bits per heavy atom. The van der Waals surface area contributed by atoms with Crippen LogP contribution in [0.4, 0.5) is 0 Å². The van der Waals surface area contributed by atoms with Gasteiger partial charge < -0.3 is 20.1 Å². The molecule has 94 valence electrons. The van der Waals surface area contributed by atoms with Crippen molar-refractivity contribution < 1.29 is 19.8 Å². The standard InChI is InChI=1S/C11H16N2O4/c1-2-13-6-3-4-9(13)10(15)12-8(5-7-14)11(16)17/h3-4,6,8,14H,2,5,7H2,1H3,(H,12,15)(H,16,17)/t8-/m1/s1. The number of carboxylic acid groups (broad SMARTS) is 1. The summed E-state index contributed by atoms with van der Waals surface area (Å²) in [7, 11) is 0. The number of nitrogens with one attached hydrogen (secondary N) is 1. The van der Waals surface area contributed by atoms with E-state index in [2.05, 4.69) is 5.32 Å². The highest BCUT2D eigenvalue weighted by atomic mass is 16.4. The third-order valence-electron chi connectivity index (χ3n) is 2.42. The molecule has 0 aliphatic carbocycles. The second kappa shape index (κ2) is 6.05. The number of aromatic nitrogens is 1. The summed E-state index contributed by atoms with van der Waals surface area (Å²) in [5.74, 6) is -1.60. The first-order valence-electron chi connectivity index (χ1n) is 5.39. The molecule has 17 heavy (non-hydrogen) atoms. The minimum Gasteiger partial charge on any atom is -0.480 e. The van der Waals surface area contributed by atoms with Crippen LogP contribution in [0.3, 0.4) is 0 Å². The highest BCUT2D eigenvalue weighted by molar-refractivity contribution is 5.95. The summed E-state index contributed by atoms with van der Waals surface area (Å²) in [6.45, 7) is 2.23. The van der Waals surface area contributed by atoms with Gasteiger partial charge in [0, 0.05) is 25.8 Å². The summed E-state index contributed by atoms with van der Waals surface area (Å²) in [6.07, 6.45) is 1.74. The van der Waals surface area contributed by atoms with Crippen molar-refractivity contribution in [3.8, 4) is 0 Å². The topological polar surface area (TPSA) is 91.6 Å². The van der Waals surface area contributed by atoms with Gasteiger partial charge in [-0.15, -0.1) is 0 Å². The van der Waals surface area contributed by atoms with Gasteiger partial charge in [0.25, 0.3) is 5.91 Å². The van der Waals surface area contributed by atoms with E-state index in [0.717, 1.165) is 0 Å². The van der Waals surface area contributed by atoms with Crippen molar-refractivity contribution in [2.24, 2.45) is 0 Å². The van der Waals surface area contributed by atoms with E-state index in [9.17, 15) is 9.59 Å². The van der Waals surface area contributed by atoms with Crippen molar-refractivity contribution in [2.45, 2.75) is 25.9 Å². The van der Waals surface area contributed by atoms with Gasteiger partial charge in [0.05, 0.1) is 0 Å². The highest BCUT2D eigenvalue weighted by Gasteiger charge is 2.21. The summed E-state index contributed by atoms with van der Waals surface area (Å²) >= 11 is 0. The minimum atomic E-state index is -1.15. The SMILES string of the molecule is CCn1cccc1C(=O)N[C@H](CCO)C(=O)O. The van der Waals surface area contributed by atoms with E-state index in [1.165, 1.54) is 0 Å². The van der Waals surface area contributed by atoms with Crippen molar-refractivity contribution in [3.05, 3.63) is 24.0 Å². The number of aliphatic carboxylic acids is 1. The van der Waals surface area contributed by atoms with Crippen LogP contribution in [0.1, 0.15) is 23.8 Å². The number of carbonyl (C=O) groups is 2. The normalized spacial score (nSPS) is 12.1. The molecule has 1 atom stereocenters. The second-order valence-corrected chi connectivity index (χ2v) is 3.56. The summed E-state index contributed by atoms with van der Waals surface area (Å²) in [5, 5.41) is 19.9. The number of rotatable bonds is 6. The highest BCUT2D eigenvalue weighted by Crippen LogP contribution is 2.03. The van der Waals surface area contributed by atoms with E-state index in [0.29, 0.717) is 12.2 Å². The maximum atomic E-state index is 11.8. The van der Waals surface area contributed by atoms with Crippen molar-refractivity contribution in [2.75, 3.05) is 6.61 Å². The predicted molar refractivity (Wildman–Crippen MR) is 60.7 cm³/mol. The molecule has 0 saturated heterocycles. The van der Waals surface area contributed by atoms with Gasteiger partial charge in [-0.1, -0.05) is 0 Å². The first-order valence-corrected chi connectivity index (χ1v) is 5.39. The molecule has 1 rings (SSSR count). The monoisotopic (exact) mass is 240 g/mol. The molecule has 6 nitrogen and oxygen atoms in total. The number of hydrogen-bond donors (Lipinski definition) is 3. The maximum absolute atomic E-state index is 11.8. The largest absolute Gasteiger partial charge is 0.480 e. The fourth-order valence-electron chi connectivity index (χ4n) is 1.51. The molecule has 0 aliphatic heterocycles. The minimum absolute atomic E-state index is 0.00604. The number of carboxylic acids is 1. The van der Waals surface area contributed by atoms with Gasteiger partial charge in [0.1, 0.15) is 11.7 Å². The fraction of sp³-hybridized carbons (Fsp3) is 0.455. The average Bonchev–Trinajstić information content (AvgIpc) is 2.76. The Kier molecular flexibility index (Phi) is 4.71. The Hall–Kier alpha value is -1.82. The molecular formula is C11H16N2O4. The van der Waals surface area contributed by atoms with E-state index in [1.54, 1.807) is 22.9 Å². The molecule has 1 aromatic rings. The molecule has 1 amide bonds. The van der Waals surface area contributed by atoms with Crippen LogP contribution in [0.2, 0.25) is 0 Å². The molecule has 1 heterocycles. The van der Waals surface area contributed by atoms with E-state index in [4.69, 9.17) is 10.2 Å². The number of hydrogen-bond acceptors (Lipinski definition) is 3. The lowest BCUT2D eigenvalue weighted by Crippen LogP contribution is -2.42. The van der Waals surface area contributed by atoms with Crippen molar-refractivity contribution >= 4 is 11.9 Å². The van der Waals surface area contributed by atoms with Crippen LogP contribution in [0.25, 0.3) is 0 Å². The van der Waals surface area contributed by atoms with Gasteiger partial charge in [-0.2, -0.15) is 0 Å². The number of aliphatic hydroxyl groups excluding tert-OH is 1. The van der Waals surface area contributed by atoms with Gasteiger partial charge in [0.15, 0.2) is 0 Å². The molecule has 0 aromatic carbocycles. The first kappa shape index (κ1) is 13.2. The summed E-state index contributed by atoms with van der Waals surface area (Å²) in [5.41, 5.74) is 0.414. The van der Waals surface area contributed by atoms with Crippen LogP contribution >= 0.6 is 0 Å². The summed E-state index contributed by atoms with van der Waals surface area (Å²) in [6, 6.07) is 2.28. The van der Waals surface area contributed by atoms with Gasteiger partial charge in [-0.3, -0.25) is 4.79 Å². The third kappa shape index (κ3) is 3.32. The van der Waals surface area contributed by atoms with Crippen LogP contribution in [0.5, 0.6) is 0 Å². The average molecular weight is 240 g/mol. The molecule has 0 fully saturated rings. The molecule has 0 bridgehead atoms. The number of nitrogens with zero attached hydrogens (tertiary/aromatic N) is 1. The molecule has 6 heteroatoms. The Morgan fingerprint density at radius 2 is 2.24 bits per heavy atom. The fourth-order valence-corrected chi connectivity index (χ4v) is 1.51. The summed E-state index contributed by atoms with van der Waals surface area (Å²) in [4.78, 5) is 22.6. The van der Waals surface area contributed by atoms with Crippen molar-refractivity contribution in [3.63, 3.8) is 0 Å². The number of carbonyl (C=O) groups excluding carboxylic acids is 1. The molecule has 0 aliphatic rings. The van der Waals surface area contributed by atoms with E-state index in [1.807, 2.05) is 6.92 Å². The maximum Gasteiger partial charge on any atom is 0.326 e. The van der Waals surface area contributed by atoms with Gasteiger partial charge in [0.2, 0.25) is 0 Å². The Morgan fingerprint density at radius 1 is 1.53 bits per heavy atom. The number of amides is 1.